The van der Waals surface area contributed by atoms with Crippen molar-refractivity contribution in [2.24, 2.45) is 11.3 Å². The fourth-order valence-corrected chi connectivity index (χ4v) is 3.40. The Bertz CT molecular complexity index is 556. The molecule has 1 aliphatic carbocycles. The molecule has 1 spiro atoms. The highest BCUT2D eigenvalue weighted by atomic mass is 16.5. The molecule has 1 heterocycles. The summed E-state index contributed by atoms with van der Waals surface area (Å²) >= 11 is 0. The van der Waals surface area contributed by atoms with Gasteiger partial charge in [-0.2, -0.15) is 0 Å². The molecular formula is C18H26N2O2. The molecule has 3 rings (SSSR count). The molecule has 22 heavy (non-hydrogen) atoms. The van der Waals surface area contributed by atoms with Gasteiger partial charge in [-0.25, -0.2) is 0 Å². The van der Waals surface area contributed by atoms with Crippen LogP contribution in [0, 0.1) is 11.3 Å². The average Bonchev–Trinajstić information content (AvgIpc) is 3.14. The third-order valence-electron chi connectivity index (χ3n) is 4.67. The molecule has 1 amide bonds. The number of nitrogens with one attached hydrogen (secondary N) is 2. The summed E-state index contributed by atoms with van der Waals surface area (Å²) in [6.07, 6.45) is 3.26. The summed E-state index contributed by atoms with van der Waals surface area (Å²) in [7, 11) is 0. The highest BCUT2D eigenvalue weighted by Gasteiger charge is 2.57. The van der Waals surface area contributed by atoms with Gasteiger partial charge in [-0.05, 0) is 70.7 Å². The Balaban J connectivity index is 1.67. The van der Waals surface area contributed by atoms with Crippen LogP contribution in [-0.4, -0.2) is 24.6 Å². The van der Waals surface area contributed by atoms with Crippen LogP contribution < -0.4 is 15.4 Å². The summed E-state index contributed by atoms with van der Waals surface area (Å²) in [6.45, 7) is 8.10. The maximum absolute atomic E-state index is 12.6. The quantitative estimate of drug-likeness (QED) is 0.901. The van der Waals surface area contributed by atoms with Gasteiger partial charge in [0.1, 0.15) is 11.4 Å². The first-order chi connectivity index (χ1) is 10.4. The topological polar surface area (TPSA) is 50.4 Å². The number of piperidine rings is 1. The number of para-hydroxylation sites is 2. The summed E-state index contributed by atoms with van der Waals surface area (Å²) in [5, 5.41) is 6.45. The highest BCUT2D eigenvalue weighted by Crippen LogP contribution is 2.58. The van der Waals surface area contributed by atoms with E-state index in [1.54, 1.807) is 0 Å². The minimum absolute atomic E-state index is 0.145. The second-order valence-corrected chi connectivity index (χ2v) is 7.57. The zero-order valence-electron chi connectivity index (χ0n) is 13.7. The lowest BCUT2D eigenvalue weighted by Crippen LogP contribution is -2.31. The van der Waals surface area contributed by atoms with E-state index in [-0.39, 0.29) is 22.8 Å². The van der Waals surface area contributed by atoms with Gasteiger partial charge in [-0.1, -0.05) is 12.1 Å². The van der Waals surface area contributed by atoms with Gasteiger partial charge in [-0.3, -0.25) is 4.79 Å². The number of amides is 1. The molecule has 1 saturated heterocycles. The van der Waals surface area contributed by atoms with Crippen molar-refractivity contribution in [3.05, 3.63) is 24.3 Å². The van der Waals surface area contributed by atoms with Gasteiger partial charge in [0.05, 0.1) is 5.69 Å². The summed E-state index contributed by atoms with van der Waals surface area (Å²) in [5.41, 5.74) is 0.754. The second kappa shape index (κ2) is 5.58. The fraction of sp³-hybridized carbons (Fsp3) is 0.611. The van der Waals surface area contributed by atoms with Crippen LogP contribution in [0.3, 0.4) is 0 Å². The maximum atomic E-state index is 12.6. The molecule has 0 bridgehead atoms. The zero-order chi connectivity index (χ0) is 15.8. The summed E-state index contributed by atoms with van der Waals surface area (Å²) in [4.78, 5) is 12.6. The average molecular weight is 302 g/mol. The lowest BCUT2D eigenvalue weighted by molar-refractivity contribution is -0.118. The van der Waals surface area contributed by atoms with Gasteiger partial charge in [0.15, 0.2) is 0 Å². The largest absolute Gasteiger partial charge is 0.486 e. The van der Waals surface area contributed by atoms with Gasteiger partial charge >= 0.3 is 0 Å². The van der Waals surface area contributed by atoms with Gasteiger partial charge < -0.3 is 15.4 Å². The van der Waals surface area contributed by atoms with Gasteiger partial charge in [0.2, 0.25) is 5.91 Å². The molecular weight excluding hydrogens is 276 g/mol. The molecule has 1 aromatic rings. The van der Waals surface area contributed by atoms with Crippen molar-refractivity contribution in [1.29, 1.82) is 0 Å². The molecule has 4 nitrogen and oxygen atoms in total. The van der Waals surface area contributed by atoms with E-state index in [1.165, 1.54) is 0 Å². The summed E-state index contributed by atoms with van der Waals surface area (Å²) in [6, 6.07) is 7.69. The van der Waals surface area contributed by atoms with Crippen molar-refractivity contribution < 1.29 is 9.53 Å². The van der Waals surface area contributed by atoms with Gasteiger partial charge in [0, 0.05) is 5.92 Å². The summed E-state index contributed by atoms with van der Waals surface area (Å²) < 4.78 is 5.95. The number of ether oxygens (including phenoxy) is 1. The SMILES string of the molecule is CC(C)(C)Oc1ccccc1NC(=O)C1CC12CCNCC2. The number of carbonyl (C=O) groups excluding carboxylic acids is 1. The zero-order valence-corrected chi connectivity index (χ0v) is 13.7. The van der Waals surface area contributed by atoms with Crippen LogP contribution in [0.5, 0.6) is 5.75 Å². The van der Waals surface area contributed by atoms with E-state index in [4.69, 9.17) is 4.74 Å². The molecule has 2 aliphatic rings. The third-order valence-corrected chi connectivity index (χ3v) is 4.67. The smallest absolute Gasteiger partial charge is 0.228 e. The molecule has 1 saturated carbocycles. The molecule has 2 fully saturated rings. The normalized spacial score (nSPS) is 23.1. The van der Waals surface area contributed by atoms with E-state index in [0.717, 1.165) is 43.8 Å². The van der Waals surface area contributed by atoms with Crippen molar-refractivity contribution in [3.8, 4) is 5.75 Å². The first-order valence-corrected chi connectivity index (χ1v) is 8.19. The van der Waals surface area contributed by atoms with E-state index >= 15 is 0 Å². The van der Waals surface area contributed by atoms with Crippen molar-refractivity contribution in [2.75, 3.05) is 18.4 Å². The number of anilines is 1. The Morgan fingerprint density at radius 3 is 2.64 bits per heavy atom. The van der Waals surface area contributed by atoms with Crippen molar-refractivity contribution >= 4 is 11.6 Å². The predicted octanol–water partition coefficient (Wildman–Crippen LogP) is 3.19. The monoisotopic (exact) mass is 302 g/mol. The Morgan fingerprint density at radius 2 is 1.95 bits per heavy atom. The number of benzene rings is 1. The van der Waals surface area contributed by atoms with Crippen LogP contribution in [0.4, 0.5) is 5.69 Å². The van der Waals surface area contributed by atoms with Crippen LogP contribution in [-0.2, 0) is 4.79 Å². The van der Waals surface area contributed by atoms with Crippen molar-refractivity contribution in [3.63, 3.8) is 0 Å². The molecule has 1 aliphatic heterocycles. The molecule has 2 N–H and O–H groups in total. The number of hydrogen-bond donors (Lipinski definition) is 2. The van der Waals surface area contributed by atoms with Gasteiger partial charge in [-0.15, -0.1) is 0 Å². The van der Waals surface area contributed by atoms with Gasteiger partial charge in [0.25, 0.3) is 0 Å². The molecule has 120 valence electrons. The lowest BCUT2D eigenvalue weighted by atomic mass is 9.92. The predicted molar refractivity (Wildman–Crippen MR) is 88.1 cm³/mol. The maximum Gasteiger partial charge on any atom is 0.228 e. The number of hydrogen-bond acceptors (Lipinski definition) is 3. The van der Waals surface area contributed by atoms with E-state index < -0.39 is 0 Å². The molecule has 4 heteroatoms. The molecule has 0 aromatic heterocycles. The van der Waals surface area contributed by atoms with Crippen LogP contribution in [0.2, 0.25) is 0 Å². The Kier molecular flexibility index (Phi) is 3.89. The summed E-state index contributed by atoms with van der Waals surface area (Å²) in [5.74, 6) is 1.05. The number of rotatable bonds is 3. The van der Waals surface area contributed by atoms with Crippen LogP contribution in [0.25, 0.3) is 0 Å². The number of carbonyl (C=O) groups is 1. The molecule has 1 atom stereocenters. The lowest BCUT2D eigenvalue weighted by Gasteiger charge is -2.24. The van der Waals surface area contributed by atoms with E-state index in [0.29, 0.717) is 0 Å². The fourth-order valence-electron chi connectivity index (χ4n) is 3.40. The van der Waals surface area contributed by atoms with Crippen LogP contribution in [0.1, 0.15) is 40.0 Å². The Labute approximate surface area is 132 Å². The minimum atomic E-state index is -0.281. The minimum Gasteiger partial charge on any atom is -0.486 e. The first kappa shape index (κ1) is 15.3. The Morgan fingerprint density at radius 1 is 1.27 bits per heavy atom. The van der Waals surface area contributed by atoms with E-state index in [1.807, 2.05) is 45.0 Å². The molecule has 0 radical (unpaired) electrons. The van der Waals surface area contributed by atoms with Crippen LogP contribution >= 0.6 is 0 Å². The third kappa shape index (κ3) is 3.27. The first-order valence-electron chi connectivity index (χ1n) is 8.19. The Hall–Kier alpha value is -1.55. The van der Waals surface area contributed by atoms with Crippen molar-refractivity contribution in [2.45, 2.75) is 45.6 Å². The van der Waals surface area contributed by atoms with E-state index in [2.05, 4.69) is 10.6 Å². The standard InChI is InChI=1S/C18H26N2O2/c1-17(2,3)22-15-7-5-4-6-14(15)20-16(21)13-12-18(13)8-10-19-11-9-18/h4-7,13,19H,8-12H2,1-3H3,(H,20,21). The van der Waals surface area contributed by atoms with Crippen LogP contribution in [0.15, 0.2) is 24.3 Å². The highest BCUT2D eigenvalue weighted by molar-refractivity contribution is 5.96. The van der Waals surface area contributed by atoms with E-state index in [9.17, 15) is 4.79 Å². The molecule has 1 aromatic carbocycles. The second-order valence-electron chi connectivity index (χ2n) is 7.57. The molecule has 1 unspecified atom stereocenters. The van der Waals surface area contributed by atoms with Crippen molar-refractivity contribution in [1.82, 2.24) is 5.32 Å².